The van der Waals surface area contributed by atoms with Gasteiger partial charge in [0.15, 0.2) is 5.69 Å². The van der Waals surface area contributed by atoms with Crippen molar-refractivity contribution in [3.8, 4) is 16.8 Å². The fraction of sp³-hybridized carbons (Fsp3) is 0.241. The average Bonchev–Trinajstić information content (AvgIpc) is 3.26. The zero-order valence-corrected chi connectivity index (χ0v) is 20.6. The Morgan fingerprint density at radius 2 is 1.84 bits per heavy atom. The lowest BCUT2D eigenvalue weighted by Gasteiger charge is -2.27. The molecule has 186 valence electrons. The SMILES string of the molecule is Cc1nn(-c2cnc(C(N)=O)c(N[C@H]3CC[C@H](O)CC3)c2)c2cccc(-c3cnc4ccccc4c3)c12. The van der Waals surface area contributed by atoms with Crippen molar-refractivity contribution in [1.29, 1.82) is 0 Å². The van der Waals surface area contributed by atoms with Gasteiger partial charge in [-0.05, 0) is 62.4 Å². The Hall–Kier alpha value is -4.30. The topological polar surface area (TPSA) is 119 Å². The summed E-state index contributed by atoms with van der Waals surface area (Å²) < 4.78 is 1.86. The summed E-state index contributed by atoms with van der Waals surface area (Å²) in [6.45, 7) is 1.99. The molecule has 1 amide bonds. The van der Waals surface area contributed by atoms with Crippen molar-refractivity contribution in [1.82, 2.24) is 19.7 Å². The summed E-state index contributed by atoms with van der Waals surface area (Å²) in [7, 11) is 0. The third-order valence-electron chi connectivity index (χ3n) is 7.19. The number of carbonyl (C=O) groups excluding carboxylic acids is 1. The van der Waals surface area contributed by atoms with Crippen LogP contribution in [0.3, 0.4) is 0 Å². The summed E-state index contributed by atoms with van der Waals surface area (Å²) in [5.41, 5.74) is 12.0. The summed E-state index contributed by atoms with van der Waals surface area (Å²) in [4.78, 5) is 21.2. The predicted octanol–water partition coefficient (Wildman–Crippen LogP) is 4.76. The number of nitrogens with one attached hydrogen (secondary N) is 1. The highest BCUT2D eigenvalue weighted by atomic mass is 16.3. The van der Waals surface area contributed by atoms with Gasteiger partial charge in [-0.1, -0.05) is 30.3 Å². The molecule has 4 N–H and O–H groups in total. The number of primary amides is 1. The van der Waals surface area contributed by atoms with E-state index < -0.39 is 5.91 Å². The van der Waals surface area contributed by atoms with Gasteiger partial charge in [-0.15, -0.1) is 0 Å². The number of aliphatic hydroxyl groups excluding tert-OH is 1. The van der Waals surface area contributed by atoms with Crippen molar-refractivity contribution in [2.75, 3.05) is 5.32 Å². The minimum Gasteiger partial charge on any atom is -0.393 e. The van der Waals surface area contributed by atoms with Crippen LogP contribution in [-0.2, 0) is 0 Å². The van der Waals surface area contributed by atoms with E-state index in [1.165, 1.54) is 0 Å². The molecule has 3 aromatic heterocycles. The Balaban J connectivity index is 1.43. The second-order valence-electron chi connectivity index (χ2n) is 9.72. The molecule has 0 bridgehead atoms. The fourth-order valence-electron chi connectivity index (χ4n) is 5.32. The van der Waals surface area contributed by atoms with Crippen LogP contribution >= 0.6 is 0 Å². The molecule has 8 heteroatoms. The number of benzene rings is 2. The van der Waals surface area contributed by atoms with Crippen molar-refractivity contribution in [3.63, 3.8) is 0 Å². The highest BCUT2D eigenvalue weighted by Gasteiger charge is 2.22. The van der Waals surface area contributed by atoms with Gasteiger partial charge in [0.25, 0.3) is 5.91 Å². The lowest BCUT2D eigenvalue weighted by molar-refractivity contribution is 0.0995. The van der Waals surface area contributed by atoms with Gasteiger partial charge in [0.1, 0.15) is 0 Å². The van der Waals surface area contributed by atoms with E-state index in [0.29, 0.717) is 5.69 Å². The molecule has 6 rings (SSSR count). The third kappa shape index (κ3) is 4.29. The van der Waals surface area contributed by atoms with E-state index >= 15 is 0 Å². The molecule has 5 aromatic rings. The van der Waals surface area contributed by atoms with E-state index in [-0.39, 0.29) is 17.8 Å². The number of hydrogen-bond donors (Lipinski definition) is 3. The van der Waals surface area contributed by atoms with Crippen LogP contribution in [0.25, 0.3) is 38.6 Å². The standard InChI is InChI=1S/C29H28N6O2/c1-17-27-23(19-13-18-5-2-3-7-24(18)31-15-19)6-4-8-26(27)35(34-17)21-14-25(28(29(30)37)32-16-21)33-20-9-11-22(36)12-10-20/h2-8,13-16,20,22,33,36H,9-12H2,1H3,(H2,30,37)/t20-,22-. The number of nitrogens with two attached hydrogens (primary N) is 1. The maximum atomic E-state index is 12.1. The van der Waals surface area contributed by atoms with Gasteiger partial charge in [-0.2, -0.15) is 5.10 Å². The highest BCUT2D eigenvalue weighted by molar-refractivity contribution is 5.99. The quantitative estimate of drug-likeness (QED) is 0.326. The summed E-state index contributed by atoms with van der Waals surface area (Å²) in [6, 6.07) is 18.4. The van der Waals surface area contributed by atoms with Gasteiger partial charge >= 0.3 is 0 Å². The molecule has 3 heterocycles. The van der Waals surface area contributed by atoms with Crippen LogP contribution in [-0.4, -0.2) is 42.9 Å². The molecular formula is C29H28N6O2. The highest BCUT2D eigenvalue weighted by Crippen LogP contribution is 2.34. The fourth-order valence-corrected chi connectivity index (χ4v) is 5.32. The van der Waals surface area contributed by atoms with E-state index in [2.05, 4.69) is 33.5 Å². The Morgan fingerprint density at radius 1 is 1.03 bits per heavy atom. The number of rotatable bonds is 5. The summed E-state index contributed by atoms with van der Waals surface area (Å²) in [5, 5.41) is 20.3. The molecule has 2 aromatic carbocycles. The number of carbonyl (C=O) groups is 1. The first-order valence-electron chi connectivity index (χ1n) is 12.6. The number of anilines is 1. The van der Waals surface area contributed by atoms with Crippen LogP contribution in [0.1, 0.15) is 41.9 Å². The largest absolute Gasteiger partial charge is 0.393 e. The lowest BCUT2D eigenvalue weighted by Crippen LogP contribution is -2.29. The van der Waals surface area contributed by atoms with Gasteiger partial charge in [-0.3, -0.25) is 9.78 Å². The van der Waals surface area contributed by atoms with Crippen LogP contribution in [0.15, 0.2) is 67.0 Å². The summed E-state index contributed by atoms with van der Waals surface area (Å²) in [6.07, 6.45) is 6.36. The minimum absolute atomic E-state index is 0.140. The molecule has 0 atom stereocenters. The zero-order chi connectivity index (χ0) is 25.5. The number of aromatic nitrogens is 4. The first-order valence-corrected chi connectivity index (χ1v) is 12.6. The first-order chi connectivity index (χ1) is 18.0. The van der Waals surface area contributed by atoms with Gasteiger partial charge in [0.2, 0.25) is 0 Å². The molecule has 0 saturated heterocycles. The van der Waals surface area contributed by atoms with Crippen molar-refractivity contribution in [3.05, 3.63) is 78.4 Å². The zero-order valence-electron chi connectivity index (χ0n) is 20.6. The number of aryl methyl sites for hydroxylation is 1. The Kier molecular flexibility index (Phi) is 5.81. The van der Waals surface area contributed by atoms with E-state index in [4.69, 9.17) is 10.8 Å². The van der Waals surface area contributed by atoms with E-state index in [1.807, 2.05) is 54.2 Å². The smallest absolute Gasteiger partial charge is 0.269 e. The number of para-hydroxylation sites is 1. The molecule has 0 radical (unpaired) electrons. The van der Waals surface area contributed by atoms with Crippen molar-refractivity contribution in [2.24, 2.45) is 5.73 Å². The van der Waals surface area contributed by atoms with E-state index in [0.717, 1.165) is 70.0 Å². The van der Waals surface area contributed by atoms with Gasteiger partial charge in [-0.25, -0.2) is 9.67 Å². The van der Waals surface area contributed by atoms with Crippen LogP contribution in [0.5, 0.6) is 0 Å². The molecule has 0 spiro atoms. The Bertz CT molecular complexity index is 1630. The number of hydrogen-bond acceptors (Lipinski definition) is 6. The second kappa shape index (κ2) is 9.29. The van der Waals surface area contributed by atoms with E-state index in [9.17, 15) is 9.90 Å². The minimum atomic E-state index is -0.586. The molecule has 8 nitrogen and oxygen atoms in total. The summed E-state index contributed by atoms with van der Waals surface area (Å²) >= 11 is 0. The number of fused-ring (bicyclic) bond motifs is 2. The van der Waals surface area contributed by atoms with Crippen molar-refractivity contribution in [2.45, 2.75) is 44.8 Å². The van der Waals surface area contributed by atoms with Crippen molar-refractivity contribution >= 4 is 33.4 Å². The average molecular weight is 493 g/mol. The Morgan fingerprint density at radius 3 is 2.65 bits per heavy atom. The lowest BCUT2D eigenvalue weighted by atomic mass is 9.93. The molecule has 0 aliphatic heterocycles. The van der Waals surface area contributed by atoms with Crippen molar-refractivity contribution < 1.29 is 9.90 Å². The molecule has 1 aliphatic carbocycles. The molecule has 1 aliphatic rings. The first kappa shape index (κ1) is 23.1. The van der Waals surface area contributed by atoms with Crippen LogP contribution < -0.4 is 11.1 Å². The molecule has 0 unspecified atom stereocenters. The summed E-state index contributed by atoms with van der Waals surface area (Å²) in [5.74, 6) is -0.586. The number of aliphatic hydroxyl groups is 1. The number of pyridine rings is 2. The monoisotopic (exact) mass is 492 g/mol. The maximum Gasteiger partial charge on any atom is 0.269 e. The predicted molar refractivity (Wildman–Crippen MR) is 145 cm³/mol. The Labute approximate surface area is 214 Å². The molecule has 1 saturated carbocycles. The third-order valence-corrected chi connectivity index (χ3v) is 7.19. The van der Waals surface area contributed by atoms with Gasteiger partial charge in [0, 0.05) is 28.6 Å². The van der Waals surface area contributed by atoms with Crippen LogP contribution in [0, 0.1) is 6.92 Å². The molecule has 37 heavy (non-hydrogen) atoms. The number of nitrogens with zero attached hydrogens (tertiary/aromatic N) is 4. The van der Waals surface area contributed by atoms with Gasteiger partial charge in [0.05, 0.1) is 40.4 Å². The second-order valence-corrected chi connectivity index (χ2v) is 9.72. The van der Waals surface area contributed by atoms with Gasteiger partial charge < -0.3 is 16.2 Å². The molecule has 1 fully saturated rings. The van der Waals surface area contributed by atoms with E-state index in [1.54, 1.807) is 6.20 Å². The molecular weight excluding hydrogens is 464 g/mol. The van der Waals surface area contributed by atoms with Crippen LogP contribution in [0.4, 0.5) is 5.69 Å². The number of amides is 1. The van der Waals surface area contributed by atoms with Crippen LogP contribution in [0.2, 0.25) is 0 Å². The normalized spacial score (nSPS) is 17.8. The maximum absolute atomic E-state index is 12.1.